The quantitative estimate of drug-likeness (QED) is 0.277. The summed E-state index contributed by atoms with van der Waals surface area (Å²) in [6, 6.07) is 3.61. The van der Waals surface area contributed by atoms with Gasteiger partial charge < -0.3 is 34.5 Å². The molecule has 0 bridgehead atoms. The molecule has 0 spiro atoms. The lowest BCUT2D eigenvalue weighted by Gasteiger charge is -2.34. The van der Waals surface area contributed by atoms with Crippen molar-refractivity contribution in [3.8, 4) is 5.75 Å². The van der Waals surface area contributed by atoms with Crippen LogP contribution in [-0.4, -0.2) is 101 Å². The summed E-state index contributed by atoms with van der Waals surface area (Å²) in [6.45, 7) is 8.08. The first kappa shape index (κ1) is 36.7. The van der Waals surface area contributed by atoms with Gasteiger partial charge in [-0.3, -0.25) is 14.4 Å². The number of likely N-dealkylation sites (N-methyl/N-ethyl adjacent to an activating group) is 1. The lowest BCUT2D eigenvalue weighted by Crippen LogP contribution is -2.58. The monoisotopic (exact) mass is 670 g/mol. The number of hydrogen-bond acceptors (Lipinski definition) is 7. The Balaban J connectivity index is 1.64. The average molecular weight is 671 g/mol. The molecule has 0 saturated carbocycles. The van der Waals surface area contributed by atoms with Crippen LogP contribution in [0.4, 0.5) is 8.78 Å². The zero-order valence-corrected chi connectivity index (χ0v) is 28.7. The molecule has 0 unspecified atom stereocenters. The molecule has 3 heterocycles. The second kappa shape index (κ2) is 16.8. The van der Waals surface area contributed by atoms with E-state index in [0.29, 0.717) is 30.8 Å². The van der Waals surface area contributed by atoms with Crippen LogP contribution in [0.3, 0.4) is 0 Å². The number of nitrogens with one attached hydrogen (secondary N) is 2. The number of carbonyl (C=O) groups is 3. The van der Waals surface area contributed by atoms with E-state index in [-0.39, 0.29) is 36.6 Å². The van der Waals surface area contributed by atoms with E-state index >= 15 is 0 Å². The van der Waals surface area contributed by atoms with Crippen LogP contribution < -0.4 is 15.4 Å². The van der Waals surface area contributed by atoms with Gasteiger partial charge in [0, 0.05) is 45.8 Å². The molecule has 0 aliphatic carbocycles. The molecule has 1 saturated heterocycles. The Bertz CT molecular complexity index is 1470. The molecule has 5 atom stereocenters. The van der Waals surface area contributed by atoms with Gasteiger partial charge in [-0.2, -0.15) is 0 Å². The summed E-state index contributed by atoms with van der Waals surface area (Å²) >= 11 is 0. The van der Waals surface area contributed by atoms with Crippen LogP contribution in [-0.2, 0) is 27.3 Å². The summed E-state index contributed by atoms with van der Waals surface area (Å²) in [5.74, 6) is -0.403. The zero-order chi connectivity index (χ0) is 35.0. The lowest BCUT2D eigenvalue weighted by atomic mass is 10.1. The van der Waals surface area contributed by atoms with Crippen molar-refractivity contribution in [2.24, 2.45) is 0 Å². The van der Waals surface area contributed by atoms with Gasteiger partial charge in [-0.25, -0.2) is 13.8 Å². The van der Waals surface area contributed by atoms with Crippen molar-refractivity contribution in [2.45, 2.75) is 90.3 Å². The van der Waals surface area contributed by atoms with E-state index in [1.165, 1.54) is 44.4 Å². The minimum atomic E-state index is -1.01. The van der Waals surface area contributed by atoms with Gasteiger partial charge in [0.05, 0.1) is 30.6 Å². The second-order valence-corrected chi connectivity index (χ2v) is 12.6. The molecule has 48 heavy (non-hydrogen) atoms. The zero-order valence-electron chi connectivity index (χ0n) is 28.7. The Morgan fingerprint density at radius 2 is 1.90 bits per heavy atom. The second-order valence-electron chi connectivity index (χ2n) is 12.6. The molecule has 2 aromatic rings. The van der Waals surface area contributed by atoms with Crippen molar-refractivity contribution in [3.05, 3.63) is 71.3 Å². The standard InChI is InChI=1S/C35H48F2N6O5/c1-22(9-10-23(2)36)15-17-42(34(45)30-21-41-16-7-8-31(41)39-30)19-27-18-29(48-28-13-11-26(37)12-14-28)20-43(27)35(46)32(25(4)47-6)40-33(44)24(3)38-5/h9-14,21,24-25,27,29,32,38H,7-8,15-20H2,1-6H3,(H,40,44)/b22-9+,23-10+/t24-,25+,27-,29-,32-/m0/s1. The minimum absolute atomic E-state index is 0.163. The normalized spacial score (nSPS) is 19.9. The largest absolute Gasteiger partial charge is 0.489 e. The number of halogens is 2. The van der Waals surface area contributed by atoms with Gasteiger partial charge in [-0.15, -0.1) is 0 Å². The van der Waals surface area contributed by atoms with Crippen LogP contribution in [0.1, 0.15) is 63.3 Å². The minimum Gasteiger partial charge on any atom is -0.489 e. The first-order chi connectivity index (χ1) is 22.9. The van der Waals surface area contributed by atoms with Crippen LogP contribution >= 0.6 is 0 Å². The summed E-state index contributed by atoms with van der Waals surface area (Å²) in [7, 11) is 3.12. The van der Waals surface area contributed by atoms with Crippen molar-refractivity contribution in [2.75, 3.05) is 33.8 Å². The number of rotatable bonds is 15. The first-order valence-corrected chi connectivity index (χ1v) is 16.5. The maximum atomic E-state index is 14.3. The number of imidazole rings is 1. The fourth-order valence-electron chi connectivity index (χ4n) is 5.91. The molecule has 2 aliphatic heterocycles. The van der Waals surface area contributed by atoms with E-state index < -0.39 is 36.2 Å². The van der Waals surface area contributed by atoms with Crippen molar-refractivity contribution >= 4 is 17.7 Å². The number of methoxy groups -OCH3 is 1. The number of hydrogen-bond donors (Lipinski definition) is 2. The maximum absolute atomic E-state index is 14.3. The molecule has 0 radical (unpaired) electrons. The summed E-state index contributed by atoms with van der Waals surface area (Å²) in [4.78, 5) is 49.2. The summed E-state index contributed by atoms with van der Waals surface area (Å²) in [6.07, 6.45) is 6.35. The fraction of sp³-hybridized carbons (Fsp3) is 0.543. The topological polar surface area (TPSA) is 118 Å². The number of allylic oxidation sites excluding steroid dienone is 3. The summed E-state index contributed by atoms with van der Waals surface area (Å²) in [5, 5.41) is 5.72. The van der Waals surface area contributed by atoms with E-state index in [9.17, 15) is 23.2 Å². The molecule has 2 aliphatic rings. The van der Waals surface area contributed by atoms with E-state index in [1.807, 2.05) is 11.5 Å². The van der Waals surface area contributed by atoms with Crippen molar-refractivity contribution in [1.29, 1.82) is 0 Å². The number of likely N-dealkylation sites (tertiary alicyclic amines) is 1. The molecule has 1 aromatic heterocycles. The number of ether oxygens (including phenoxy) is 2. The number of amides is 3. The third-order valence-corrected chi connectivity index (χ3v) is 8.98. The van der Waals surface area contributed by atoms with Crippen LogP contribution in [0, 0.1) is 5.82 Å². The van der Waals surface area contributed by atoms with E-state index in [0.717, 1.165) is 30.8 Å². The Kier molecular flexibility index (Phi) is 12.9. The van der Waals surface area contributed by atoms with E-state index in [4.69, 9.17) is 9.47 Å². The maximum Gasteiger partial charge on any atom is 0.274 e. The van der Waals surface area contributed by atoms with Gasteiger partial charge in [0.25, 0.3) is 5.91 Å². The van der Waals surface area contributed by atoms with Gasteiger partial charge in [0.15, 0.2) is 0 Å². The van der Waals surface area contributed by atoms with Crippen LogP contribution in [0.15, 0.2) is 54.0 Å². The molecule has 1 aromatic carbocycles. The van der Waals surface area contributed by atoms with Crippen molar-refractivity contribution in [3.63, 3.8) is 0 Å². The number of aryl methyl sites for hydroxylation is 2. The van der Waals surface area contributed by atoms with Gasteiger partial charge >= 0.3 is 0 Å². The average Bonchev–Trinajstić information content (AvgIpc) is 3.79. The van der Waals surface area contributed by atoms with Gasteiger partial charge in [-0.1, -0.05) is 11.6 Å². The van der Waals surface area contributed by atoms with Crippen LogP contribution in [0.5, 0.6) is 5.75 Å². The van der Waals surface area contributed by atoms with E-state index in [2.05, 4.69) is 15.6 Å². The third-order valence-electron chi connectivity index (χ3n) is 8.98. The molecular formula is C35H48F2N6O5. The lowest BCUT2D eigenvalue weighted by molar-refractivity contribution is -0.141. The number of aromatic nitrogens is 2. The highest BCUT2D eigenvalue weighted by molar-refractivity contribution is 5.93. The van der Waals surface area contributed by atoms with Crippen molar-refractivity contribution < 1.29 is 32.6 Å². The first-order valence-electron chi connectivity index (χ1n) is 16.5. The summed E-state index contributed by atoms with van der Waals surface area (Å²) < 4.78 is 40.8. The Hall–Kier alpha value is -4.10. The third kappa shape index (κ3) is 9.50. The molecule has 2 N–H and O–H groups in total. The number of benzene rings is 1. The molecular weight excluding hydrogens is 622 g/mol. The molecule has 13 heteroatoms. The van der Waals surface area contributed by atoms with Crippen molar-refractivity contribution in [1.82, 2.24) is 30.0 Å². The predicted octanol–water partition coefficient (Wildman–Crippen LogP) is 3.80. The Morgan fingerprint density at radius 3 is 2.54 bits per heavy atom. The molecule has 3 amide bonds. The predicted molar refractivity (Wildman–Crippen MR) is 178 cm³/mol. The number of nitrogens with zero attached hydrogens (tertiary/aromatic N) is 4. The van der Waals surface area contributed by atoms with E-state index in [1.54, 1.807) is 43.0 Å². The highest BCUT2D eigenvalue weighted by atomic mass is 19.1. The highest BCUT2D eigenvalue weighted by Gasteiger charge is 2.42. The van der Waals surface area contributed by atoms with Crippen LogP contribution in [0.2, 0.25) is 0 Å². The number of carbonyl (C=O) groups excluding carboxylic acids is 3. The Labute approximate surface area is 281 Å². The van der Waals surface area contributed by atoms with Gasteiger partial charge in [0.2, 0.25) is 11.8 Å². The van der Waals surface area contributed by atoms with Crippen LogP contribution in [0.25, 0.3) is 0 Å². The van der Waals surface area contributed by atoms with Gasteiger partial charge in [0.1, 0.15) is 35.2 Å². The SMILES string of the molecule is CN[C@@H](C)C(=O)N[C@H](C(=O)N1C[C@@H](Oc2ccc(F)cc2)C[C@H]1CN(CC/C(C)=C/C=C(\C)F)C(=O)c1cn2c(n1)CCC2)[C@@H](C)OC. The molecule has 4 rings (SSSR count). The Morgan fingerprint density at radius 1 is 1.17 bits per heavy atom. The smallest absolute Gasteiger partial charge is 0.274 e. The molecule has 262 valence electrons. The summed E-state index contributed by atoms with van der Waals surface area (Å²) in [5.41, 5.74) is 1.21. The molecule has 1 fully saturated rings. The van der Waals surface area contributed by atoms with Gasteiger partial charge in [-0.05, 0) is 77.9 Å². The molecule has 11 nitrogen and oxygen atoms in total. The highest BCUT2D eigenvalue weighted by Crippen LogP contribution is 2.27. The fourth-order valence-corrected chi connectivity index (χ4v) is 5.91. The number of fused-ring (bicyclic) bond motifs is 1.